The van der Waals surface area contributed by atoms with E-state index in [9.17, 15) is 9.59 Å². The molecule has 0 radical (unpaired) electrons. The minimum atomic E-state index is -1.26. The molecule has 1 heterocycles. The van der Waals surface area contributed by atoms with Crippen molar-refractivity contribution in [3.8, 4) is 5.75 Å². The Hall–Kier alpha value is -2.80. The number of carboxylic acids is 2. The molecule has 1 aliphatic carbocycles. The Bertz CT molecular complexity index is 778. The van der Waals surface area contributed by atoms with E-state index in [-0.39, 0.29) is 0 Å². The van der Waals surface area contributed by atoms with Crippen LogP contribution in [0.3, 0.4) is 0 Å². The summed E-state index contributed by atoms with van der Waals surface area (Å²) in [7, 11) is 3.74. The minimum absolute atomic E-state index is 0.558. The normalized spacial score (nSPS) is 15.7. The summed E-state index contributed by atoms with van der Waals surface area (Å²) in [6, 6.07) is 6.27. The lowest BCUT2D eigenvalue weighted by Crippen LogP contribution is -2.19. The molecule has 0 aliphatic heterocycles. The van der Waals surface area contributed by atoms with E-state index < -0.39 is 11.9 Å². The van der Waals surface area contributed by atoms with Crippen molar-refractivity contribution in [1.29, 1.82) is 0 Å². The van der Waals surface area contributed by atoms with Crippen LogP contribution in [0.1, 0.15) is 11.3 Å². The fourth-order valence-corrected chi connectivity index (χ4v) is 3.04. The van der Waals surface area contributed by atoms with Crippen LogP contribution in [0.5, 0.6) is 5.75 Å². The van der Waals surface area contributed by atoms with E-state index in [1.165, 1.54) is 28.6 Å². The van der Waals surface area contributed by atoms with Gasteiger partial charge in [0.15, 0.2) is 0 Å². The summed E-state index contributed by atoms with van der Waals surface area (Å²) in [4.78, 5) is 22.6. The number of benzene rings is 1. The van der Waals surface area contributed by atoms with Crippen molar-refractivity contribution in [1.82, 2.24) is 10.3 Å². The summed E-state index contributed by atoms with van der Waals surface area (Å²) in [6.45, 7) is 1.09. The van der Waals surface area contributed by atoms with Crippen LogP contribution >= 0.6 is 0 Å². The van der Waals surface area contributed by atoms with Gasteiger partial charge in [-0.1, -0.05) is 0 Å². The second kappa shape index (κ2) is 8.34. The molecule has 1 aromatic carbocycles. The number of carbonyl (C=O) groups is 2. The van der Waals surface area contributed by atoms with E-state index >= 15 is 0 Å². The highest BCUT2D eigenvalue weighted by Gasteiger charge is 2.24. The SMILES string of the molecule is CNCC1Cc2[nH]c3ccc(OC)cc3c2C1.O=C(O)C=CC(=O)O. The molecule has 25 heavy (non-hydrogen) atoms. The first-order valence-electron chi connectivity index (χ1n) is 7.90. The van der Waals surface area contributed by atoms with Crippen molar-refractivity contribution >= 4 is 22.8 Å². The Kier molecular flexibility index (Phi) is 6.19. The average Bonchev–Trinajstić information content (AvgIpc) is 3.10. The van der Waals surface area contributed by atoms with E-state index in [4.69, 9.17) is 14.9 Å². The topological polar surface area (TPSA) is 112 Å². The molecule has 0 spiro atoms. The first-order valence-corrected chi connectivity index (χ1v) is 7.90. The Morgan fingerprint density at radius 1 is 1.28 bits per heavy atom. The monoisotopic (exact) mass is 346 g/mol. The molecule has 1 aliphatic rings. The zero-order valence-corrected chi connectivity index (χ0v) is 14.2. The highest BCUT2D eigenvalue weighted by Crippen LogP contribution is 2.34. The third kappa shape index (κ3) is 4.84. The maximum atomic E-state index is 9.55. The molecule has 0 saturated heterocycles. The molecule has 1 aromatic heterocycles. The first kappa shape index (κ1) is 18.5. The fraction of sp³-hybridized carbons (Fsp3) is 0.333. The molecule has 1 unspecified atom stereocenters. The van der Waals surface area contributed by atoms with Crippen LogP contribution in [0.4, 0.5) is 0 Å². The number of aromatic nitrogens is 1. The minimum Gasteiger partial charge on any atom is -0.497 e. The highest BCUT2D eigenvalue weighted by atomic mass is 16.5. The number of rotatable bonds is 5. The third-order valence-electron chi connectivity index (χ3n) is 4.05. The Labute approximate surface area is 145 Å². The largest absolute Gasteiger partial charge is 0.497 e. The predicted octanol–water partition coefficient (Wildman–Crippen LogP) is 1.82. The molecule has 3 rings (SSSR count). The lowest BCUT2D eigenvalue weighted by molar-refractivity contribution is -0.134. The molecular weight excluding hydrogens is 324 g/mol. The number of hydrogen-bond donors (Lipinski definition) is 4. The summed E-state index contributed by atoms with van der Waals surface area (Å²) in [6.07, 6.45) is 3.45. The van der Waals surface area contributed by atoms with E-state index in [0.717, 1.165) is 24.6 Å². The highest BCUT2D eigenvalue weighted by molar-refractivity contribution is 5.89. The van der Waals surface area contributed by atoms with Crippen molar-refractivity contribution in [3.63, 3.8) is 0 Å². The van der Waals surface area contributed by atoms with E-state index in [0.29, 0.717) is 12.2 Å². The fourth-order valence-electron chi connectivity index (χ4n) is 3.04. The Morgan fingerprint density at radius 2 is 1.96 bits per heavy atom. The van der Waals surface area contributed by atoms with Gasteiger partial charge in [-0.2, -0.15) is 0 Å². The van der Waals surface area contributed by atoms with Crippen LogP contribution in [0.25, 0.3) is 10.9 Å². The van der Waals surface area contributed by atoms with Gasteiger partial charge < -0.3 is 25.3 Å². The van der Waals surface area contributed by atoms with Gasteiger partial charge >= 0.3 is 11.9 Å². The van der Waals surface area contributed by atoms with Gasteiger partial charge in [-0.15, -0.1) is 0 Å². The smallest absolute Gasteiger partial charge is 0.328 e. The molecule has 1 atom stereocenters. The van der Waals surface area contributed by atoms with Crippen LogP contribution in [0, 0.1) is 5.92 Å². The zero-order chi connectivity index (χ0) is 18.4. The van der Waals surface area contributed by atoms with Crippen LogP contribution in [-0.2, 0) is 22.4 Å². The van der Waals surface area contributed by atoms with Gasteiger partial charge in [0.05, 0.1) is 7.11 Å². The number of fused-ring (bicyclic) bond motifs is 3. The molecular formula is C18H22N2O5. The van der Waals surface area contributed by atoms with Crippen molar-refractivity contribution < 1.29 is 24.5 Å². The van der Waals surface area contributed by atoms with Crippen LogP contribution in [0.15, 0.2) is 30.4 Å². The van der Waals surface area contributed by atoms with E-state index in [1.807, 2.05) is 13.1 Å². The van der Waals surface area contributed by atoms with Gasteiger partial charge in [-0.25, -0.2) is 9.59 Å². The van der Waals surface area contributed by atoms with Crippen molar-refractivity contribution in [2.75, 3.05) is 20.7 Å². The number of carboxylic acid groups (broad SMARTS) is 2. The van der Waals surface area contributed by atoms with Gasteiger partial charge in [-0.05, 0) is 56.1 Å². The quantitative estimate of drug-likeness (QED) is 0.615. The standard InChI is InChI=1S/C14H18N2O.C4H4O4/c1-15-8-9-5-11-12-7-10(17-2)3-4-13(12)16-14(11)6-9;5-3(6)1-2-4(7)8/h3-4,7,9,15-16H,5-6,8H2,1-2H3;1-2H,(H,5,6)(H,7,8). The molecule has 4 N–H and O–H groups in total. The maximum Gasteiger partial charge on any atom is 0.328 e. The number of aliphatic carboxylic acids is 2. The number of H-pyrrole nitrogens is 1. The number of nitrogens with one attached hydrogen (secondary N) is 2. The summed E-state index contributed by atoms with van der Waals surface area (Å²) >= 11 is 0. The number of methoxy groups -OCH3 is 1. The number of ether oxygens (including phenoxy) is 1. The molecule has 7 nitrogen and oxygen atoms in total. The van der Waals surface area contributed by atoms with Gasteiger partial charge in [0, 0.05) is 28.7 Å². The summed E-state index contributed by atoms with van der Waals surface area (Å²) in [5.74, 6) is -0.840. The zero-order valence-electron chi connectivity index (χ0n) is 14.2. The lowest BCUT2D eigenvalue weighted by atomic mass is 10.0. The Balaban J connectivity index is 0.000000242. The molecule has 0 bridgehead atoms. The van der Waals surface area contributed by atoms with Gasteiger partial charge in [0.25, 0.3) is 0 Å². The van der Waals surface area contributed by atoms with Crippen molar-refractivity contribution in [3.05, 3.63) is 41.6 Å². The molecule has 2 aromatic rings. The van der Waals surface area contributed by atoms with E-state index in [1.54, 1.807) is 7.11 Å². The van der Waals surface area contributed by atoms with Gasteiger partial charge in [0.1, 0.15) is 5.75 Å². The maximum absolute atomic E-state index is 9.55. The van der Waals surface area contributed by atoms with Crippen LogP contribution in [-0.4, -0.2) is 47.8 Å². The molecule has 0 amide bonds. The summed E-state index contributed by atoms with van der Waals surface area (Å²) in [5, 5.41) is 20.2. The summed E-state index contributed by atoms with van der Waals surface area (Å²) in [5.41, 5.74) is 4.13. The van der Waals surface area contributed by atoms with Gasteiger partial charge in [-0.3, -0.25) is 0 Å². The van der Waals surface area contributed by atoms with Crippen molar-refractivity contribution in [2.24, 2.45) is 5.92 Å². The molecule has 0 saturated carbocycles. The number of aromatic amines is 1. The van der Waals surface area contributed by atoms with Crippen LogP contribution < -0.4 is 10.1 Å². The first-order chi connectivity index (χ1) is 11.9. The van der Waals surface area contributed by atoms with Crippen LogP contribution in [0.2, 0.25) is 0 Å². The Morgan fingerprint density at radius 3 is 2.52 bits per heavy atom. The molecule has 7 heteroatoms. The van der Waals surface area contributed by atoms with E-state index in [2.05, 4.69) is 22.4 Å². The average molecular weight is 346 g/mol. The van der Waals surface area contributed by atoms with Crippen molar-refractivity contribution in [2.45, 2.75) is 12.8 Å². The second-order valence-corrected chi connectivity index (χ2v) is 5.84. The third-order valence-corrected chi connectivity index (χ3v) is 4.05. The lowest BCUT2D eigenvalue weighted by Gasteiger charge is -2.07. The predicted molar refractivity (Wildman–Crippen MR) is 94.1 cm³/mol. The second-order valence-electron chi connectivity index (χ2n) is 5.84. The van der Waals surface area contributed by atoms with Gasteiger partial charge in [0.2, 0.25) is 0 Å². The molecule has 0 fully saturated rings. The molecule has 134 valence electrons. The summed E-state index contributed by atoms with van der Waals surface area (Å²) < 4.78 is 5.30. The number of hydrogen-bond acceptors (Lipinski definition) is 4.